The number of hydrogen-bond donors (Lipinski definition) is 2. The van der Waals surface area contributed by atoms with Crippen LogP contribution in [-0.4, -0.2) is 10.2 Å². The highest BCUT2D eigenvalue weighted by atomic mass is 16.3. The third-order valence-electron chi connectivity index (χ3n) is 2.19. The smallest absolute Gasteiger partial charge is 0.119 e. The molecule has 2 aromatic carbocycles. The molecule has 0 aliphatic heterocycles. The predicted molar refractivity (Wildman–Crippen MR) is 76.5 cm³/mol. The van der Waals surface area contributed by atoms with Gasteiger partial charge in [-0.1, -0.05) is 56.3 Å². The van der Waals surface area contributed by atoms with Crippen LogP contribution in [0.25, 0.3) is 12.2 Å². The summed E-state index contributed by atoms with van der Waals surface area (Å²) in [4.78, 5) is 0. The largest absolute Gasteiger partial charge is 0.508 e. The second kappa shape index (κ2) is 7.17. The highest BCUT2D eigenvalue weighted by molar-refractivity contribution is 5.70. The fourth-order valence-corrected chi connectivity index (χ4v) is 1.47. The van der Waals surface area contributed by atoms with Crippen LogP contribution in [0.2, 0.25) is 0 Å². The van der Waals surface area contributed by atoms with Crippen LogP contribution in [-0.2, 0) is 0 Å². The summed E-state index contributed by atoms with van der Waals surface area (Å²) in [6, 6.07) is 14.3. The second-order valence-electron chi connectivity index (χ2n) is 3.53. The van der Waals surface area contributed by atoms with Crippen molar-refractivity contribution in [2.75, 3.05) is 0 Å². The van der Waals surface area contributed by atoms with Crippen LogP contribution in [0, 0.1) is 0 Å². The molecule has 0 spiro atoms. The zero-order chi connectivity index (χ0) is 13.4. The van der Waals surface area contributed by atoms with Crippen LogP contribution >= 0.6 is 0 Å². The van der Waals surface area contributed by atoms with E-state index in [0.717, 1.165) is 11.1 Å². The summed E-state index contributed by atoms with van der Waals surface area (Å²) >= 11 is 0. The van der Waals surface area contributed by atoms with Crippen molar-refractivity contribution in [2.24, 2.45) is 0 Å². The first-order valence-electron chi connectivity index (χ1n) is 6.00. The Morgan fingerprint density at radius 3 is 1.78 bits per heavy atom. The predicted octanol–water partition coefficient (Wildman–Crippen LogP) is 4.29. The molecule has 18 heavy (non-hydrogen) atoms. The second-order valence-corrected chi connectivity index (χ2v) is 3.53. The van der Waals surface area contributed by atoms with E-state index in [1.54, 1.807) is 12.1 Å². The van der Waals surface area contributed by atoms with E-state index in [9.17, 15) is 10.2 Å². The first kappa shape index (κ1) is 13.8. The molecule has 94 valence electrons. The van der Waals surface area contributed by atoms with Gasteiger partial charge < -0.3 is 10.2 Å². The number of phenols is 2. The number of benzene rings is 2. The summed E-state index contributed by atoms with van der Waals surface area (Å²) < 4.78 is 0. The summed E-state index contributed by atoms with van der Waals surface area (Å²) in [6.07, 6.45) is 3.77. The number of hydrogen-bond acceptors (Lipinski definition) is 2. The first-order chi connectivity index (χ1) is 8.74. The zero-order valence-corrected chi connectivity index (χ0v) is 10.7. The molecule has 0 unspecified atom stereocenters. The molecule has 0 aliphatic carbocycles. The number of phenolic OH excluding ortho intramolecular Hbond substituents is 2. The third kappa shape index (κ3) is 4.34. The van der Waals surface area contributed by atoms with E-state index in [1.165, 1.54) is 6.07 Å². The fraction of sp³-hybridized carbons (Fsp3) is 0.125. The standard InChI is InChI=1S/C14H12O2.C2H6/c15-13-8-12(9-14(16)10-13)7-6-11-4-2-1-3-5-11;1-2/h1-10,15-16H;1-2H3/b7-6+;. The minimum atomic E-state index is 0.0627. The topological polar surface area (TPSA) is 40.5 Å². The van der Waals surface area contributed by atoms with Crippen LogP contribution in [0.1, 0.15) is 25.0 Å². The molecule has 0 aliphatic rings. The minimum absolute atomic E-state index is 0.0627. The van der Waals surface area contributed by atoms with Gasteiger partial charge in [0, 0.05) is 6.07 Å². The summed E-state index contributed by atoms with van der Waals surface area (Å²) in [5.41, 5.74) is 1.84. The van der Waals surface area contributed by atoms with Crippen molar-refractivity contribution in [1.29, 1.82) is 0 Å². The Balaban J connectivity index is 0.000000771. The van der Waals surface area contributed by atoms with Gasteiger partial charge in [0.1, 0.15) is 11.5 Å². The molecule has 0 radical (unpaired) electrons. The number of aromatic hydroxyl groups is 2. The molecule has 0 saturated heterocycles. The highest BCUT2D eigenvalue weighted by Gasteiger charge is 1.95. The Hall–Kier alpha value is -2.22. The molecule has 2 heteroatoms. The maximum absolute atomic E-state index is 9.30. The van der Waals surface area contributed by atoms with E-state index >= 15 is 0 Å². The van der Waals surface area contributed by atoms with Crippen molar-refractivity contribution in [3.63, 3.8) is 0 Å². The van der Waals surface area contributed by atoms with E-state index in [0.29, 0.717) is 0 Å². The van der Waals surface area contributed by atoms with Crippen LogP contribution < -0.4 is 0 Å². The molecule has 0 amide bonds. The van der Waals surface area contributed by atoms with Gasteiger partial charge in [0.05, 0.1) is 0 Å². The molecule has 0 atom stereocenters. The maximum Gasteiger partial charge on any atom is 0.119 e. The minimum Gasteiger partial charge on any atom is -0.508 e. The van der Waals surface area contributed by atoms with Crippen LogP contribution in [0.3, 0.4) is 0 Å². The van der Waals surface area contributed by atoms with Gasteiger partial charge in [-0.25, -0.2) is 0 Å². The van der Waals surface area contributed by atoms with Gasteiger partial charge in [-0.2, -0.15) is 0 Å². The summed E-state index contributed by atoms with van der Waals surface area (Å²) in [6.45, 7) is 4.00. The summed E-state index contributed by atoms with van der Waals surface area (Å²) in [7, 11) is 0. The first-order valence-corrected chi connectivity index (χ1v) is 6.00. The quantitative estimate of drug-likeness (QED) is 0.771. The SMILES string of the molecule is CC.Oc1cc(O)cc(/C=C/c2ccccc2)c1. The van der Waals surface area contributed by atoms with Crippen LogP contribution in [0.4, 0.5) is 0 Å². The van der Waals surface area contributed by atoms with Gasteiger partial charge in [-0.3, -0.25) is 0 Å². The molecule has 2 rings (SSSR count). The molecule has 0 saturated carbocycles. The van der Waals surface area contributed by atoms with Gasteiger partial charge >= 0.3 is 0 Å². The van der Waals surface area contributed by atoms with Crippen molar-refractivity contribution in [1.82, 2.24) is 0 Å². The monoisotopic (exact) mass is 242 g/mol. The Bertz CT molecular complexity index is 482. The molecule has 2 N–H and O–H groups in total. The molecule has 0 heterocycles. The molecule has 0 fully saturated rings. The molecular weight excluding hydrogens is 224 g/mol. The molecular formula is C16H18O2. The Labute approximate surface area is 108 Å². The van der Waals surface area contributed by atoms with Crippen molar-refractivity contribution < 1.29 is 10.2 Å². The average Bonchev–Trinajstić information content (AvgIpc) is 2.39. The molecule has 2 aromatic rings. The van der Waals surface area contributed by atoms with Crippen LogP contribution in [0.5, 0.6) is 11.5 Å². The Kier molecular flexibility index (Phi) is 5.52. The van der Waals surface area contributed by atoms with Crippen molar-refractivity contribution in [3.8, 4) is 11.5 Å². The normalized spacial score (nSPS) is 9.89. The lowest BCUT2D eigenvalue weighted by atomic mass is 10.1. The van der Waals surface area contributed by atoms with Gasteiger partial charge in [0.15, 0.2) is 0 Å². The van der Waals surface area contributed by atoms with Gasteiger partial charge in [-0.05, 0) is 23.3 Å². The number of rotatable bonds is 2. The van der Waals surface area contributed by atoms with Crippen molar-refractivity contribution in [3.05, 3.63) is 59.7 Å². The van der Waals surface area contributed by atoms with E-state index in [2.05, 4.69) is 0 Å². The molecule has 0 aromatic heterocycles. The lowest BCUT2D eigenvalue weighted by Crippen LogP contribution is -1.74. The van der Waals surface area contributed by atoms with Crippen LogP contribution in [0.15, 0.2) is 48.5 Å². The van der Waals surface area contributed by atoms with E-state index < -0.39 is 0 Å². The zero-order valence-electron chi connectivity index (χ0n) is 10.7. The summed E-state index contributed by atoms with van der Waals surface area (Å²) in [5.74, 6) is 0.125. The lowest BCUT2D eigenvalue weighted by molar-refractivity contribution is 0.450. The molecule has 2 nitrogen and oxygen atoms in total. The van der Waals surface area contributed by atoms with Gasteiger partial charge in [0.25, 0.3) is 0 Å². The van der Waals surface area contributed by atoms with E-state index in [1.807, 2.05) is 56.3 Å². The fourth-order valence-electron chi connectivity index (χ4n) is 1.47. The summed E-state index contributed by atoms with van der Waals surface area (Å²) in [5, 5.41) is 18.6. The average molecular weight is 242 g/mol. The maximum atomic E-state index is 9.30. The Morgan fingerprint density at radius 2 is 1.22 bits per heavy atom. The lowest BCUT2D eigenvalue weighted by Gasteiger charge is -1.98. The van der Waals surface area contributed by atoms with Gasteiger partial charge in [-0.15, -0.1) is 0 Å². The van der Waals surface area contributed by atoms with Gasteiger partial charge in [0.2, 0.25) is 0 Å². The Morgan fingerprint density at radius 1 is 0.722 bits per heavy atom. The highest BCUT2D eigenvalue weighted by Crippen LogP contribution is 2.21. The van der Waals surface area contributed by atoms with E-state index in [4.69, 9.17) is 0 Å². The third-order valence-corrected chi connectivity index (χ3v) is 2.19. The molecule has 0 bridgehead atoms. The van der Waals surface area contributed by atoms with Crippen molar-refractivity contribution >= 4 is 12.2 Å². The van der Waals surface area contributed by atoms with Crippen molar-refractivity contribution in [2.45, 2.75) is 13.8 Å². The van der Waals surface area contributed by atoms with E-state index in [-0.39, 0.29) is 11.5 Å².